The number of hydrogen-bond donors (Lipinski definition) is 1. The van der Waals surface area contributed by atoms with E-state index in [0.29, 0.717) is 6.54 Å². The third-order valence-corrected chi connectivity index (χ3v) is 5.30. The van der Waals surface area contributed by atoms with E-state index < -0.39 is 17.6 Å². The first-order valence-corrected chi connectivity index (χ1v) is 9.59. The normalized spacial score (nSPS) is 13.2. The van der Waals surface area contributed by atoms with Crippen LogP contribution < -0.4 is 0 Å². The first-order valence-electron chi connectivity index (χ1n) is 9.59. The maximum atomic E-state index is 12.9. The summed E-state index contributed by atoms with van der Waals surface area (Å²) in [4.78, 5) is 25.8. The minimum absolute atomic E-state index is 0.0507. The molecule has 0 atom stereocenters. The molecule has 0 fully saturated rings. The summed E-state index contributed by atoms with van der Waals surface area (Å²) in [6.07, 6.45) is -0.594. The Labute approximate surface area is 165 Å². The molecule has 0 heterocycles. The quantitative estimate of drug-likeness (QED) is 0.784. The maximum Gasteiger partial charge on any atom is 0.410 e. The summed E-state index contributed by atoms with van der Waals surface area (Å²) < 4.78 is 5.66. The molecule has 148 valence electrons. The average Bonchev–Trinajstić information content (AvgIpc) is 2.98. The largest absolute Gasteiger partial charge is 0.480 e. The molecular weight excluding hydrogens is 354 g/mol. The Hall–Kier alpha value is -2.82. The second-order valence-electron chi connectivity index (χ2n) is 8.17. The third kappa shape index (κ3) is 3.61. The standard InChI is InChI=1S/C23H27NO4/c1-15(2)13-24(23(3,4)21(25)26)22(27)28-14-20-18-11-7-5-9-16(18)17-10-6-8-12-19(17)20/h5-12,15,20H,13-14H2,1-4H3,(H,25,26). The lowest BCUT2D eigenvalue weighted by Gasteiger charge is -2.35. The predicted octanol–water partition coefficient (Wildman–Crippen LogP) is 4.76. The number of aliphatic carboxylic acids is 1. The van der Waals surface area contributed by atoms with Gasteiger partial charge in [0, 0.05) is 12.5 Å². The molecule has 0 spiro atoms. The smallest absolute Gasteiger partial charge is 0.410 e. The Kier molecular flexibility index (Phi) is 5.45. The van der Waals surface area contributed by atoms with Crippen LogP contribution in [0.25, 0.3) is 11.1 Å². The van der Waals surface area contributed by atoms with Crippen molar-refractivity contribution in [2.24, 2.45) is 5.92 Å². The van der Waals surface area contributed by atoms with Crippen LogP contribution in [0.2, 0.25) is 0 Å². The fraction of sp³-hybridized carbons (Fsp3) is 0.391. The monoisotopic (exact) mass is 381 g/mol. The molecule has 5 heteroatoms. The topological polar surface area (TPSA) is 66.8 Å². The number of carbonyl (C=O) groups is 2. The highest BCUT2D eigenvalue weighted by Crippen LogP contribution is 2.44. The summed E-state index contributed by atoms with van der Waals surface area (Å²) in [6.45, 7) is 7.44. The number of benzene rings is 2. The van der Waals surface area contributed by atoms with E-state index in [1.54, 1.807) is 0 Å². The second kappa shape index (κ2) is 7.66. The lowest BCUT2D eigenvalue weighted by Crippen LogP contribution is -2.54. The van der Waals surface area contributed by atoms with Crippen molar-refractivity contribution < 1.29 is 19.4 Å². The zero-order chi connectivity index (χ0) is 20.5. The number of ether oxygens (including phenoxy) is 1. The molecule has 0 aliphatic heterocycles. The molecule has 0 saturated heterocycles. The van der Waals surface area contributed by atoms with Crippen molar-refractivity contribution in [3.8, 4) is 11.1 Å². The molecule has 1 N–H and O–H groups in total. The minimum Gasteiger partial charge on any atom is -0.480 e. The van der Waals surface area contributed by atoms with E-state index in [4.69, 9.17) is 4.74 Å². The van der Waals surface area contributed by atoms with E-state index in [9.17, 15) is 14.7 Å². The molecule has 3 rings (SSSR count). The lowest BCUT2D eigenvalue weighted by atomic mass is 9.98. The van der Waals surface area contributed by atoms with Crippen LogP contribution in [0.1, 0.15) is 44.7 Å². The van der Waals surface area contributed by atoms with Crippen LogP contribution in [0.3, 0.4) is 0 Å². The molecule has 2 aromatic rings. The molecule has 2 aromatic carbocycles. The highest BCUT2D eigenvalue weighted by molar-refractivity contribution is 5.84. The number of carbonyl (C=O) groups excluding carboxylic acids is 1. The Bertz CT molecular complexity index is 842. The van der Waals surface area contributed by atoms with Crippen LogP contribution in [0.15, 0.2) is 48.5 Å². The van der Waals surface area contributed by atoms with Gasteiger partial charge in [0.25, 0.3) is 0 Å². The lowest BCUT2D eigenvalue weighted by molar-refractivity contribution is -0.148. The van der Waals surface area contributed by atoms with Gasteiger partial charge in [0.2, 0.25) is 0 Å². The van der Waals surface area contributed by atoms with Crippen LogP contribution in [-0.2, 0) is 9.53 Å². The number of carboxylic acids is 1. The van der Waals surface area contributed by atoms with Crippen molar-refractivity contribution >= 4 is 12.1 Å². The van der Waals surface area contributed by atoms with Crippen molar-refractivity contribution in [2.45, 2.75) is 39.2 Å². The molecule has 0 unspecified atom stereocenters. The van der Waals surface area contributed by atoms with Gasteiger partial charge in [-0.25, -0.2) is 9.59 Å². The SMILES string of the molecule is CC(C)CN(C(=O)OCC1c2ccccc2-c2ccccc21)C(C)(C)C(=O)O. The average molecular weight is 381 g/mol. The van der Waals surface area contributed by atoms with E-state index >= 15 is 0 Å². The highest BCUT2D eigenvalue weighted by atomic mass is 16.6. The second-order valence-corrected chi connectivity index (χ2v) is 8.17. The van der Waals surface area contributed by atoms with Crippen LogP contribution >= 0.6 is 0 Å². The van der Waals surface area contributed by atoms with Gasteiger partial charge in [-0.3, -0.25) is 4.90 Å². The number of fused-ring (bicyclic) bond motifs is 3. The van der Waals surface area contributed by atoms with Crippen molar-refractivity contribution in [3.05, 3.63) is 59.7 Å². The Morgan fingerprint density at radius 2 is 1.54 bits per heavy atom. The zero-order valence-electron chi connectivity index (χ0n) is 16.8. The van der Waals surface area contributed by atoms with Crippen molar-refractivity contribution in [2.75, 3.05) is 13.2 Å². The van der Waals surface area contributed by atoms with Gasteiger partial charge in [-0.2, -0.15) is 0 Å². The first kappa shape index (κ1) is 19.9. The summed E-state index contributed by atoms with van der Waals surface area (Å²) in [6, 6.07) is 16.2. The molecule has 0 radical (unpaired) electrons. The summed E-state index contributed by atoms with van der Waals surface area (Å²) in [5, 5.41) is 9.56. The van der Waals surface area contributed by atoms with Crippen LogP contribution in [-0.4, -0.2) is 40.8 Å². The molecule has 0 aromatic heterocycles. The van der Waals surface area contributed by atoms with E-state index in [2.05, 4.69) is 24.3 Å². The van der Waals surface area contributed by atoms with Crippen molar-refractivity contribution in [1.29, 1.82) is 0 Å². The number of rotatable bonds is 6. The Balaban J connectivity index is 1.82. The molecular formula is C23H27NO4. The van der Waals surface area contributed by atoms with E-state index in [-0.39, 0.29) is 18.4 Å². The van der Waals surface area contributed by atoms with E-state index in [1.807, 2.05) is 38.1 Å². The molecule has 0 bridgehead atoms. The Morgan fingerprint density at radius 1 is 1.04 bits per heavy atom. The minimum atomic E-state index is -1.34. The summed E-state index contributed by atoms with van der Waals surface area (Å²) in [5.41, 5.74) is 3.23. The van der Waals surface area contributed by atoms with Crippen LogP contribution in [0.5, 0.6) is 0 Å². The number of hydrogen-bond acceptors (Lipinski definition) is 3. The highest BCUT2D eigenvalue weighted by Gasteiger charge is 2.40. The Morgan fingerprint density at radius 3 is 2.00 bits per heavy atom. The molecule has 28 heavy (non-hydrogen) atoms. The maximum absolute atomic E-state index is 12.9. The summed E-state index contributed by atoms with van der Waals surface area (Å²) >= 11 is 0. The van der Waals surface area contributed by atoms with E-state index in [1.165, 1.54) is 18.7 Å². The number of nitrogens with zero attached hydrogens (tertiary/aromatic N) is 1. The van der Waals surface area contributed by atoms with Gasteiger partial charge in [-0.15, -0.1) is 0 Å². The summed E-state index contributed by atoms with van der Waals surface area (Å²) in [5.74, 6) is -0.981. The zero-order valence-corrected chi connectivity index (χ0v) is 16.8. The van der Waals surface area contributed by atoms with Gasteiger partial charge >= 0.3 is 12.1 Å². The molecule has 5 nitrogen and oxygen atoms in total. The van der Waals surface area contributed by atoms with Gasteiger partial charge in [-0.1, -0.05) is 62.4 Å². The van der Waals surface area contributed by atoms with Gasteiger partial charge in [0.15, 0.2) is 0 Å². The van der Waals surface area contributed by atoms with Gasteiger partial charge in [-0.05, 0) is 42.0 Å². The number of amides is 1. The van der Waals surface area contributed by atoms with Gasteiger partial charge < -0.3 is 9.84 Å². The fourth-order valence-electron chi connectivity index (χ4n) is 3.68. The fourth-order valence-corrected chi connectivity index (χ4v) is 3.68. The van der Waals surface area contributed by atoms with Crippen LogP contribution in [0.4, 0.5) is 4.79 Å². The predicted molar refractivity (Wildman–Crippen MR) is 108 cm³/mol. The molecule has 1 amide bonds. The molecule has 1 aliphatic rings. The van der Waals surface area contributed by atoms with Crippen molar-refractivity contribution in [1.82, 2.24) is 4.90 Å². The molecule has 1 aliphatic carbocycles. The van der Waals surface area contributed by atoms with Crippen molar-refractivity contribution in [3.63, 3.8) is 0 Å². The van der Waals surface area contributed by atoms with Crippen LogP contribution in [0, 0.1) is 5.92 Å². The van der Waals surface area contributed by atoms with Gasteiger partial charge in [0.1, 0.15) is 12.1 Å². The number of carboxylic acid groups (broad SMARTS) is 1. The third-order valence-electron chi connectivity index (χ3n) is 5.30. The molecule has 0 saturated carbocycles. The summed E-state index contributed by atoms with van der Waals surface area (Å²) in [7, 11) is 0. The first-order chi connectivity index (χ1) is 13.2. The van der Waals surface area contributed by atoms with Gasteiger partial charge in [0.05, 0.1) is 0 Å². The van der Waals surface area contributed by atoms with E-state index in [0.717, 1.165) is 22.3 Å².